The lowest BCUT2D eigenvalue weighted by Gasteiger charge is -2.32. The summed E-state index contributed by atoms with van der Waals surface area (Å²) in [6.07, 6.45) is 4.59. The van der Waals surface area contributed by atoms with Gasteiger partial charge in [0.15, 0.2) is 0 Å². The highest BCUT2D eigenvalue weighted by Gasteiger charge is 2.41. The van der Waals surface area contributed by atoms with Crippen LogP contribution in [0, 0.1) is 17.8 Å². The van der Waals surface area contributed by atoms with Gasteiger partial charge in [0.1, 0.15) is 42.0 Å². The Morgan fingerprint density at radius 3 is 2.00 bits per heavy atom. The Hall–Kier alpha value is -5.52. The Morgan fingerprint density at radius 2 is 1.43 bits per heavy atom. The summed E-state index contributed by atoms with van der Waals surface area (Å²) in [6.45, 7) is 10.8. The lowest BCUT2D eigenvalue weighted by Crippen LogP contribution is -2.61. The molecule has 1 fully saturated rings. The number of phenolic OH excluding ortho intramolecular Hbond substituents is 1. The van der Waals surface area contributed by atoms with Crippen LogP contribution in [0.2, 0.25) is 0 Å². The third-order valence-electron chi connectivity index (χ3n) is 10.6. The van der Waals surface area contributed by atoms with Crippen molar-refractivity contribution in [2.24, 2.45) is 17.8 Å². The number of phenols is 1. The number of likely N-dealkylation sites (N-methyl/N-ethyl adjacent to an activating group) is 1. The van der Waals surface area contributed by atoms with E-state index in [9.17, 15) is 43.8 Å². The molecule has 1 aromatic heterocycles. The van der Waals surface area contributed by atoms with Crippen molar-refractivity contribution in [2.75, 3.05) is 20.1 Å². The van der Waals surface area contributed by atoms with E-state index in [0.29, 0.717) is 36.9 Å². The molecule has 1 aromatic carbocycles. The summed E-state index contributed by atoms with van der Waals surface area (Å²) >= 11 is 0. The van der Waals surface area contributed by atoms with Gasteiger partial charge in [-0.3, -0.25) is 28.8 Å². The van der Waals surface area contributed by atoms with Crippen LogP contribution in [0.5, 0.6) is 5.75 Å². The van der Waals surface area contributed by atoms with E-state index in [-0.39, 0.29) is 43.5 Å². The number of H-pyrrole nitrogens is 1. The maximum atomic E-state index is 14.3. The number of hydrogen-bond donors (Lipinski definition) is 9. The second-order valence-electron chi connectivity index (χ2n) is 15.4. The molecule has 0 radical (unpaired) electrons. The molecule has 9 N–H and O–H groups in total. The molecule has 1 saturated heterocycles. The third kappa shape index (κ3) is 13.3. The summed E-state index contributed by atoms with van der Waals surface area (Å²) in [7, 11) is 1.59. The number of amides is 6. The molecule has 58 heavy (non-hydrogen) atoms. The van der Waals surface area contributed by atoms with Crippen LogP contribution in [-0.4, -0.2) is 123 Å². The van der Waals surface area contributed by atoms with Crippen LogP contribution in [0.4, 0.5) is 0 Å². The maximum absolute atomic E-state index is 14.3. The summed E-state index contributed by atoms with van der Waals surface area (Å²) in [5.74, 6) is -5.92. The molecule has 1 aliphatic rings. The van der Waals surface area contributed by atoms with E-state index < -0.39 is 83.6 Å². The van der Waals surface area contributed by atoms with E-state index in [2.05, 4.69) is 41.9 Å². The molecule has 8 atom stereocenters. The number of carboxylic acid groups (broad SMARTS) is 1. The van der Waals surface area contributed by atoms with Crippen LogP contribution >= 0.6 is 0 Å². The van der Waals surface area contributed by atoms with Crippen molar-refractivity contribution in [1.82, 2.24) is 46.8 Å². The van der Waals surface area contributed by atoms with Gasteiger partial charge in [0.2, 0.25) is 35.4 Å². The lowest BCUT2D eigenvalue weighted by atomic mass is 9.96. The molecule has 0 spiro atoms. The molecule has 0 aliphatic carbocycles. The molecule has 6 amide bonds. The van der Waals surface area contributed by atoms with Gasteiger partial charge in [-0.2, -0.15) is 0 Å². The Bertz CT molecular complexity index is 1700. The normalized spacial score (nSPS) is 17.5. The number of aromatic nitrogens is 2. The minimum absolute atomic E-state index is 0.00469. The van der Waals surface area contributed by atoms with Crippen LogP contribution in [0.1, 0.15) is 78.5 Å². The van der Waals surface area contributed by atoms with Gasteiger partial charge in [0, 0.05) is 31.3 Å². The first-order valence-corrected chi connectivity index (χ1v) is 19.9. The molecular formula is C40H61N9O9. The zero-order valence-electron chi connectivity index (χ0n) is 34.5. The standard InChI is InChI=1S/C40H61N9O9/c1-8-23(5)33(47-35(52)28(17-25-12-14-27(50)15-13-25)44-37(54)32(22(3)4)46-31(51)20-41-7)38(55)45-29(18-26-19-42-21-43-26)39(56)49-16-10-11-30(49)36(53)48-34(40(57)58)24(6)9-2/h12-15,19,21-24,28-30,32-34,41,50H,8-11,16-18,20H2,1-7H3,(H,42,43)(H,44,54)(H,45,55)(H,46,51)(H,47,52)(H,48,53)(H,57,58)/t23-,24-,28-,29-,30-,32-,33-,34-/m0/s1. The summed E-state index contributed by atoms with van der Waals surface area (Å²) in [5.41, 5.74) is 1.11. The number of nitrogens with zero attached hydrogens (tertiary/aromatic N) is 2. The van der Waals surface area contributed by atoms with Crippen molar-refractivity contribution in [2.45, 2.75) is 116 Å². The third-order valence-corrected chi connectivity index (χ3v) is 10.6. The number of carbonyl (C=O) groups is 7. The Morgan fingerprint density at radius 1 is 0.810 bits per heavy atom. The molecule has 2 aromatic rings. The number of carbonyl (C=O) groups excluding carboxylic acids is 6. The van der Waals surface area contributed by atoms with Gasteiger partial charge in [-0.15, -0.1) is 0 Å². The molecule has 18 heteroatoms. The number of hydrogen-bond acceptors (Lipinski definition) is 10. The minimum atomic E-state index is -1.23. The molecular weight excluding hydrogens is 750 g/mol. The molecule has 2 heterocycles. The van der Waals surface area contributed by atoms with Gasteiger partial charge in [-0.1, -0.05) is 66.5 Å². The number of aliphatic carboxylic acids is 1. The van der Waals surface area contributed by atoms with Crippen molar-refractivity contribution in [1.29, 1.82) is 0 Å². The quantitative estimate of drug-likeness (QED) is 0.0785. The van der Waals surface area contributed by atoms with E-state index in [1.165, 1.54) is 29.6 Å². The first-order valence-electron chi connectivity index (χ1n) is 19.9. The second-order valence-corrected chi connectivity index (χ2v) is 15.4. The number of carboxylic acids is 1. The number of likely N-dealkylation sites (tertiary alicyclic amines) is 1. The monoisotopic (exact) mass is 811 g/mol. The fourth-order valence-electron chi connectivity index (χ4n) is 6.73. The first kappa shape index (κ1) is 46.9. The number of nitrogens with one attached hydrogen (secondary N) is 7. The zero-order valence-corrected chi connectivity index (χ0v) is 34.5. The summed E-state index contributed by atoms with van der Waals surface area (Å²) in [6, 6.07) is -0.646. The maximum Gasteiger partial charge on any atom is 0.326 e. The number of benzene rings is 1. The molecule has 3 rings (SSSR count). The largest absolute Gasteiger partial charge is 0.508 e. The van der Waals surface area contributed by atoms with Crippen molar-refractivity contribution in [3.05, 3.63) is 48.0 Å². The summed E-state index contributed by atoms with van der Waals surface area (Å²) < 4.78 is 0. The van der Waals surface area contributed by atoms with Gasteiger partial charge >= 0.3 is 5.97 Å². The number of rotatable bonds is 22. The molecule has 18 nitrogen and oxygen atoms in total. The number of aromatic amines is 1. The van der Waals surface area contributed by atoms with E-state index >= 15 is 0 Å². The average Bonchev–Trinajstić information content (AvgIpc) is 3.90. The van der Waals surface area contributed by atoms with E-state index in [0.717, 1.165) is 0 Å². The van der Waals surface area contributed by atoms with Gasteiger partial charge in [-0.25, -0.2) is 9.78 Å². The molecule has 320 valence electrons. The van der Waals surface area contributed by atoms with Crippen molar-refractivity contribution < 1.29 is 43.8 Å². The predicted octanol–water partition coefficient (Wildman–Crippen LogP) is 0.368. The van der Waals surface area contributed by atoms with E-state index in [1.807, 2.05) is 13.8 Å². The fourth-order valence-corrected chi connectivity index (χ4v) is 6.73. The van der Waals surface area contributed by atoms with Gasteiger partial charge in [0.25, 0.3) is 0 Å². The van der Waals surface area contributed by atoms with Crippen LogP contribution in [0.25, 0.3) is 0 Å². The second kappa shape index (κ2) is 22.4. The van der Waals surface area contributed by atoms with Crippen molar-refractivity contribution in [3.8, 4) is 5.75 Å². The smallest absolute Gasteiger partial charge is 0.326 e. The van der Waals surface area contributed by atoms with Crippen molar-refractivity contribution >= 4 is 41.4 Å². The SMILES string of the molecule is CC[C@H](C)[C@H](NC(=O)[C@@H]1CCCN1C(=O)[C@H](Cc1cnc[nH]1)NC(=O)[C@@H](NC(=O)[C@H](Cc1ccc(O)cc1)NC(=O)[C@@H](NC(=O)CNC)C(C)C)[C@@H](C)CC)C(=O)O. The fraction of sp³-hybridized carbons (Fsp3) is 0.600. The van der Waals surface area contributed by atoms with Crippen molar-refractivity contribution in [3.63, 3.8) is 0 Å². The Labute approximate surface area is 339 Å². The predicted molar refractivity (Wildman–Crippen MR) is 214 cm³/mol. The molecule has 1 aliphatic heterocycles. The highest BCUT2D eigenvalue weighted by Crippen LogP contribution is 2.21. The lowest BCUT2D eigenvalue weighted by molar-refractivity contribution is -0.146. The van der Waals surface area contributed by atoms with Crippen LogP contribution in [-0.2, 0) is 46.4 Å². The molecule has 0 unspecified atom stereocenters. The van der Waals surface area contributed by atoms with E-state index in [1.54, 1.807) is 46.9 Å². The summed E-state index contributed by atoms with van der Waals surface area (Å²) in [5, 5.41) is 36.0. The van der Waals surface area contributed by atoms with Gasteiger partial charge in [0.05, 0.1) is 12.9 Å². The van der Waals surface area contributed by atoms with Crippen LogP contribution < -0.4 is 31.9 Å². The van der Waals surface area contributed by atoms with Crippen LogP contribution in [0.3, 0.4) is 0 Å². The summed E-state index contributed by atoms with van der Waals surface area (Å²) in [4.78, 5) is 103. The zero-order chi connectivity index (χ0) is 43.1. The highest BCUT2D eigenvalue weighted by molar-refractivity contribution is 5.97. The topological polar surface area (TPSA) is 264 Å². The molecule has 0 bridgehead atoms. The van der Waals surface area contributed by atoms with Gasteiger partial charge < -0.3 is 52.0 Å². The number of imidazole rings is 1. The van der Waals surface area contributed by atoms with Gasteiger partial charge in [-0.05, 0) is 55.3 Å². The van der Waals surface area contributed by atoms with Crippen LogP contribution in [0.15, 0.2) is 36.8 Å². The number of aromatic hydroxyl groups is 1. The minimum Gasteiger partial charge on any atom is -0.508 e. The van der Waals surface area contributed by atoms with E-state index in [4.69, 9.17) is 0 Å². The highest BCUT2D eigenvalue weighted by atomic mass is 16.4. The Kier molecular flexibility index (Phi) is 18.1. The first-order chi connectivity index (χ1) is 27.5. The average molecular weight is 812 g/mol. The Balaban J connectivity index is 1.90. The molecule has 0 saturated carbocycles.